The van der Waals surface area contributed by atoms with E-state index in [1.807, 2.05) is 24.3 Å². The van der Waals surface area contributed by atoms with Crippen molar-refractivity contribution < 1.29 is 0 Å². The summed E-state index contributed by atoms with van der Waals surface area (Å²) in [6.45, 7) is 0. The van der Waals surface area contributed by atoms with E-state index >= 15 is 0 Å². The monoisotopic (exact) mass is 553 g/mol. The van der Waals surface area contributed by atoms with Crippen LogP contribution in [0, 0.1) is 0 Å². The van der Waals surface area contributed by atoms with Gasteiger partial charge in [-0.2, -0.15) is 0 Å². The lowest BCUT2D eigenvalue weighted by Crippen LogP contribution is -2.03. The Balaban J connectivity index is 1.51. The van der Waals surface area contributed by atoms with Gasteiger partial charge in [-0.05, 0) is 45.1 Å². The Hall–Kier alpha value is -5.32. The molecule has 3 aromatic heterocycles. The van der Waals surface area contributed by atoms with E-state index < -0.39 is 0 Å². The third kappa shape index (κ3) is 3.46. The summed E-state index contributed by atoms with van der Waals surface area (Å²) in [5.74, 6) is 1.57. The lowest BCUT2D eigenvalue weighted by atomic mass is 9.96. The van der Waals surface area contributed by atoms with Gasteiger partial charge in [0.2, 0.25) is 0 Å². The summed E-state index contributed by atoms with van der Waals surface area (Å²) in [6.07, 6.45) is 0. The number of fused-ring (bicyclic) bond motifs is 9. The third-order valence-corrected chi connectivity index (χ3v) is 9.13. The van der Waals surface area contributed by atoms with Gasteiger partial charge < -0.3 is 0 Å². The Kier molecular flexibility index (Phi) is 5.07. The molecule has 0 saturated carbocycles. The lowest BCUT2D eigenvalue weighted by molar-refractivity contribution is 1.05. The van der Waals surface area contributed by atoms with E-state index in [1.54, 1.807) is 11.3 Å². The van der Waals surface area contributed by atoms with Crippen molar-refractivity contribution in [2.45, 2.75) is 0 Å². The van der Waals surface area contributed by atoms with Crippen LogP contribution < -0.4 is 0 Å². The first-order chi connectivity index (χ1) is 20.8. The van der Waals surface area contributed by atoms with Gasteiger partial charge in [-0.3, -0.25) is 4.57 Å². The largest absolute Gasteiger partial charge is 0.293 e. The number of aromatic nitrogens is 3. The van der Waals surface area contributed by atoms with Crippen molar-refractivity contribution >= 4 is 64.8 Å². The van der Waals surface area contributed by atoms with Crippen molar-refractivity contribution in [3.05, 3.63) is 139 Å². The third-order valence-electron chi connectivity index (χ3n) is 8.25. The second-order valence-electron chi connectivity index (χ2n) is 10.6. The Bertz CT molecular complexity index is 2400. The molecule has 9 rings (SSSR count). The minimum atomic E-state index is 0.712. The molecule has 0 spiro atoms. The molecule has 0 N–H and O–H groups in total. The highest BCUT2D eigenvalue weighted by molar-refractivity contribution is 7.17. The zero-order chi connectivity index (χ0) is 27.6. The number of thiophene rings is 1. The lowest BCUT2D eigenvalue weighted by Gasteiger charge is -2.14. The highest BCUT2D eigenvalue weighted by Crippen LogP contribution is 2.44. The highest BCUT2D eigenvalue weighted by Gasteiger charge is 2.21. The van der Waals surface area contributed by atoms with Gasteiger partial charge in [0.05, 0.1) is 16.7 Å². The van der Waals surface area contributed by atoms with Gasteiger partial charge in [0.1, 0.15) is 5.82 Å². The molecule has 6 aromatic carbocycles. The zero-order valence-corrected chi connectivity index (χ0v) is 23.3. The number of rotatable bonds is 3. The van der Waals surface area contributed by atoms with Crippen LogP contribution in [0.3, 0.4) is 0 Å². The molecule has 42 heavy (non-hydrogen) atoms. The molecule has 0 amide bonds. The van der Waals surface area contributed by atoms with Crippen LogP contribution in [0.1, 0.15) is 0 Å². The maximum Gasteiger partial charge on any atom is 0.162 e. The molecule has 3 heterocycles. The van der Waals surface area contributed by atoms with Crippen LogP contribution in [0.25, 0.3) is 81.9 Å². The van der Waals surface area contributed by atoms with Gasteiger partial charge in [0, 0.05) is 38.1 Å². The molecular weight excluding hydrogens is 531 g/mol. The molecule has 0 aliphatic carbocycles. The second kappa shape index (κ2) is 9.10. The van der Waals surface area contributed by atoms with Gasteiger partial charge in [-0.15, -0.1) is 11.3 Å². The average molecular weight is 554 g/mol. The van der Waals surface area contributed by atoms with Crippen LogP contribution in [0.4, 0.5) is 0 Å². The molecule has 9 aromatic rings. The standard InChI is InChI=1S/C38H23N3S/c1-3-11-24(12-4-1)32-22-35(40-38(39-32)25-13-5-2-6-14-25)41-33-23-34-26(19-20-42-34)21-31(33)36-29-17-9-7-15-27(29)28-16-8-10-18-30(28)37(36)41/h1-23H. The van der Waals surface area contributed by atoms with E-state index in [2.05, 4.69) is 119 Å². The number of nitrogens with zero attached hydrogens (tertiary/aromatic N) is 3. The zero-order valence-electron chi connectivity index (χ0n) is 22.5. The Labute approximate surface area is 246 Å². The van der Waals surface area contributed by atoms with Crippen molar-refractivity contribution in [2.24, 2.45) is 0 Å². The van der Waals surface area contributed by atoms with Crippen molar-refractivity contribution in [1.82, 2.24) is 14.5 Å². The maximum atomic E-state index is 5.28. The topological polar surface area (TPSA) is 30.7 Å². The smallest absolute Gasteiger partial charge is 0.162 e. The molecule has 0 unspecified atom stereocenters. The summed E-state index contributed by atoms with van der Waals surface area (Å²) >= 11 is 1.78. The van der Waals surface area contributed by atoms with E-state index in [0.29, 0.717) is 5.82 Å². The van der Waals surface area contributed by atoms with Crippen LogP contribution in [0.5, 0.6) is 0 Å². The Morgan fingerprint density at radius 2 is 1.17 bits per heavy atom. The van der Waals surface area contributed by atoms with E-state index in [1.165, 1.54) is 47.9 Å². The van der Waals surface area contributed by atoms with E-state index in [4.69, 9.17) is 9.97 Å². The number of hydrogen-bond donors (Lipinski definition) is 0. The fourth-order valence-electron chi connectivity index (χ4n) is 6.39. The molecule has 4 heteroatoms. The molecule has 0 saturated heterocycles. The fourth-order valence-corrected chi connectivity index (χ4v) is 7.20. The van der Waals surface area contributed by atoms with Gasteiger partial charge >= 0.3 is 0 Å². The van der Waals surface area contributed by atoms with E-state index in [9.17, 15) is 0 Å². The molecule has 0 radical (unpaired) electrons. The molecule has 0 aliphatic heterocycles. The molecular formula is C38H23N3S. The molecule has 0 aliphatic rings. The quantitative estimate of drug-likeness (QED) is 0.204. The van der Waals surface area contributed by atoms with Crippen LogP contribution in [0.15, 0.2) is 139 Å². The summed E-state index contributed by atoms with van der Waals surface area (Å²) in [6, 6.07) is 47.3. The van der Waals surface area contributed by atoms with Gasteiger partial charge in [-0.25, -0.2) is 9.97 Å². The molecule has 0 fully saturated rings. The average Bonchev–Trinajstić information content (AvgIpc) is 3.66. The Morgan fingerprint density at radius 1 is 0.524 bits per heavy atom. The summed E-state index contributed by atoms with van der Waals surface area (Å²) < 4.78 is 3.64. The van der Waals surface area contributed by atoms with E-state index in [0.717, 1.165) is 28.2 Å². The summed E-state index contributed by atoms with van der Waals surface area (Å²) in [5.41, 5.74) is 5.28. The maximum absolute atomic E-state index is 5.28. The van der Waals surface area contributed by atoms with E-state index in [-0.39, 0.29) is 0 Å². The SMILES string of the molecule is c1ccc(-c2cc(-n3c4cc5sccc5cc4c4c5ccccc5c5ccccc5c43)nc(-c3ccccc3)n2)cc1. The molecule has 196 valence electrons. The molecule has 0 atom stereocenters. The second-order valence-corrected chi connectivity index (χ2v) is 11.6. The van der Waals surface area contributed by atoms with Crippen LogP contribution >= 0.6 is 11.3 Å². The van der Waals surface area contributed by atoms with Crippen molar-refractivity contribution in [3.8, 4) is 28.5 Å². The number of hydrogen-bond acceptors (Lipinski definition) is 3. The first-order valence-electron chi connectivity index (χ1n) is 14.1. The highest BCUT2D eigenvalue weighted by atomic mass is 32.1. The predicted octanol–water partition coefficient (Wildman–Crippen LogP) is 10.4. The van der Waals surface area contributed by atoms with Gasteiger partial charge in [0.15, 0.2) is 5.82 Å². The van der Waals surface area contributed by atoms with Crippen LogP contribution in [-0.2, 0) is 0 Å². The van der Waals surface area contributed by atoms with Crippen molar-refractivity contribution in [3.63, 3.8) is 0 Å². The number of benzene rings is 6. The summed E-state index contributed by atoms with van der Waals surface area (Å²) in [4.78, 5) is 10.4. The van der Waals surface area contributed by atoms with Gasteiger partial charge in [-0.1, -0.05) is 109 Å². The molecule has 0 bridgehead atoms. The summed E-state index contributed by atoms with van der Waals surface area (Å²) in [7, 11) is 0. The Morgan fingerprint density at radius 3 is 1.93 bits per heavy atom. The predicted molar refractivity (Wildman–Crippen MR) is 178 cm³/mol. The van der Waals surface area contributed by atoms with Gasteiger partial charge in [0.25, 0.3) is 0 Å². The van der Waals surface area contributed by atoms with Crippen molar-refractivity contribution in [1.29, 1.82) is 0 Å². The first kappa shape index (κ1) is 23.4. The fraction of sp³-hybridized carbons (Fsp3) is 0. The van der Waals surface area contributed by atoms with Crippen molar-refractivity contribution in [2.75, 3.05) is 0 Å². The normalized spacial score (nSPS) is 11.8. The van der Waals surface area contributed by atoms with Crippen LogP contribution in [-0.4, -0.2) is 14.5 Å². The van der Waals surface area contributed by atoms with Crippen LogP contribution in [0.2, 0.25) is 0 Å². The summed E-state index contributed by atoms with van der Waals surface area (Å²) in [5, 5.41) is 10.9. The minimum Gasteiger partial charge on any atom is -0.293 e. The minimum absolute atomic E-state index is 0.712. The first-order valence-corrected chi connectivity index (χ1v) is 15.0. The molecule has 3 nitrogen and oxygen atoms in total.